The highest BCUT2D eigenvalue weighted by atomic mass is 14.8. The van der Waals surface area contributed by atoms with E-state index >= 15 is 0 Å². The highest BCUT2D eigenvalue weighted by Crippen LogP contribution is 2.26. The van der Waals surface area contributed by atoms with Gasteiger partial charge in [-0.15, -0.1) is 0 Å². The SMILES string of the molecule is CC(C)(N)c1cccnc1-c1ccccn1. The number of pyridine rings is 2. The quantitative estimate of drug-likeness (QED) is 0.833. The van der Waals surface area contributed by atoms with Crippen LogP contribution in [0.2, 0.25) is 0 Å². The predicted molar refractivity (Wildman–Crippen MR) is 64.7 cm³/mol. The van der Waals surface area contributed by atoms with Gasteiger partial charge in [-0.25, -0.2) is 0 Å². The third kappa shape index (κ3) is 2.09. The van der Waals surface area contributed by atoms with E-state index in [0.29, 0.717) is 0 Å². The van der Waals surface area contributed by atoms with E-state index in [2.05, 4.69) is 9.97 Å². The van der Waals surface area contributed by atoms with Crippen molar-refractivity contribution in [2.75, 3.05) is 0 Å². The first kappa shape index (κ1) is 10.8. The maximum absolute atomic E-state index is 6.13. The van der Waals surface area contributed by atoms with E-state index in [1.165, 1.54) is 0 Å². The topological polar surface area (TPSA) is 51.8 Å². The highest BCUT2D eigenvalue weighted by molar-refractivity contribution is 5.60. The lowest BCUT2D eigenvalue weighted by molar-refractivity contribution is 0.554. The van der Waals surface area contributed by atoms with Gasteiger partial charge in [0.2, 0.25) is 0 Å². The van der Waals surface area contributed by atoms with E-state index in [1.54, 1.807) is 12.4 Å². The Morgan fingerprint density at radius 2 is 1.75 bits per heavy atom. The first-order valence-electron chi connectivity index (χ1n) is 5.25. The summed E-state index contributed by atoms with van der Waals surface area (Å²) in [7, 11) is 0. The molecule has 2 heterocycles. The molecule has 2 aromatic heterocycles. The van der Waals surface area contributed by atoms with Gasteiger partial charge in [-0.1, -0.05) is 12.1 Å². The number of aromatic nitrogens is 2. The molecule has 0 fully saturated rings. The number of hydrogen-bond acceptors (Lipinski definition) is 3. The molecule has 0 unspecified atom stereocenters. The first-order valence-corrected chi connectivity index (χ1v) is 5.25. The van der Waals surface area contributed by atoms with E-state index in [-0.39, 0.29) is 0 Å². The fourth-order valence-electron chi connectivity index (χ4n) is 1.63. The van der Waals surface area contributed by atoms with Crippen LogP contribution in [0.4, 0.5) is 0 Å². The van der Waals surface area contributed by atoms with Gasteiger partial charge in [-0.3, -0.25) is 9.97 Å². The Hall–Kier alpha value is -1.74. The Bertz CT molecular complexity index is 472. The van der Waals surface area contributed by atoms with Crippen LogP contribution in [-0.4, -0.2) is 9.97 Å². The van der Waals surface area contributed by atoms with Gasteiger partial charge in [-0.2, -0.15) is 0 Å². The van der Waals surface area contributed by atoms with Crippen LogP contribution in [0.5, 0.6) is 0 Å². The molecule has 82 valence electrons. The summed E-state index contributed by atoms with van der Waals surface area (Å²) in [5.74, 6) is 0. The van der Waals surface area contributed by atoms with Crippen molar-refractivity contribution in [3.63, 3.8) is 0 Å². The molecule has 0 radical (unpaired) electrons. The standard InChI is InChI=1S/C13H15N3/c1-13(2,14)10-6-5-9-16-12(10)11-7-3-4-8-15-11/h3-9H,14H2,1-2H3. The van der Waals surface area contributed by atoms with Crippen molar-refractivity contribution in [1.29, 1.82) is 0 Å². The van der Waals surface area contributed by atoms with Gasteiger partial charge >= 0.3 is 0 Å². The third-order valence-corrected chi connectivity index (χ3v) is 2.41. The molecule has 0 bridgehead atoms. The van der Waals surface area contributed by atoms with Gasteiger partial charge in [0.1, 0.15) is 0 Å². The van der Waals surface area contributed by atoms with Gasteiger partial charge in [0.25, 0.3) is 0 Å². The van der Waals surface area contributed by atoms with E-state index in [0.717, 1.165) is 17.0 Å². The van der Waals surface area contributed by atoms with Crippen LogP contribution in [0.3, 0.4) is 0 Å². The first-order chi connectivity index (χ1) is 7.59. The zero-order chi connectivity index (χ0) is 11.6. The molecule has 2 N–H and O–H groups in total. The van der Waals surface area contributed by atoms with Crippen LogP contribution in [0.1, 0.15) is 19.4 Å². The summed E-state index contributed by atoms with van der Waals surface area (Å²) < 4.78 is 0. The summed E-state index contributed by atoms with van der Waals surface area (Å²) in [6.07, 6.45) is 3.52. The van der Waals surface area contributed by atoms with Crippen LogP contribution in [0.25, 0.3) is 11.4 Å². The minimum atomic E-state index is -0.416. The fourth-order valence-corrected chi connectivity index (χ4v) is 1.63. The molecule has 3 nitrogen and oxygen atoms in total. The van der Waals surface area contributed by atoms with Crippen molar-refractivity contribution in [2.24, 2.45) is 5.73 Å². The molecule has 2 rings (SSSR count). The van der Waals surface area contributed by atoms with Crippen LogP contribution >= 0.6 is 0 Å². The van der Waals surface area contributed by atoms with E-state index in [1.807, 2.05) is 44.2 Å². The Balaban J connectivity index is 2.58. The lowest BCUT2D eigenvalue weighted by Gasteiger charge is -2.21. The Kier molecular flexibility index (Phi) is 2.71. The average Bonchev–Trinajstić information content (AvgIpc) is 2.29. The van der Waals surface area contributed by atoms with E-state index in [4.69, 9.17) is 5.73 Å². The Labute approximate surface area is 95.4 Å². The summed E-state index contributed by atoms with van der Waals surface area (Å²) in [6, 6.07) is 9.68. The minimum absolute atomic E-state index is 0.416. The molecular weight excluding hydrogens is 198 g/mol. The van der Waals surface area contributed by atoms with Crippen molar-refractivity contribution < 1.29 is 0 Å². The third-order valence-electron chi connectivity index (χ3n) is 2.41. The van der Waals surface area contributed by atoms with E-state index in [9.17, 15) is 0 Å². The second-order valence-corrected chi connectivity index (χ2v) is 4.34. The van der Waals surface area contributed by atoms with Crippen molar-refractivity contribution >= 4 is 0 Å². The second-order valence-electron chi connectivity index (χ2n) is 4.34. The number of hydrogen-bond donors (Lipinski definition) is 1. The number of nitrogens with two attached hydrogens (primary N) is 1. The molecule has 0 amide bonds. The fraction of sp³-hybridized carbons (Fsp3) is 0.231. The lowest BCUT2D eigenvalue weighted by atomic mass is 9.93. The van der Waals surface area contributed by atoms with Crippen LogP contribution in [0, 0.1) is 0 Å². The van der Waals surface area contributed by atoms with Crippen LogP contribution in [-0.2, 0) is 5.54 Å². The molecule has 0 aliphatic rings. The lowest BCUT2D eigenvalue weighted by Crippen LogP contribution is -2.29. The molecule has 0 aromatic carbocycles. The molecule has 2 aromatic rings. The summed E-state index contributed by atoms with van der Waals surface area (Å²) >= 11 is 0. The van der Waals surface area contributed by atoms with Crippen molar-refractivity contribution in [3.05, 3.63) is 48.3 Å². The van der Waals surface area contributed by atoms with Crippen LogP contribution in [0.15, 0.2) is 42.7 Å². The van der Waals surface area contributed by atoms with Crippen molar-refractivity contribution in [2.45, 2.75) is 19.4 Å². The molecule has 0 spiro atoms. The predicted octanol–water partition coefficient (Wildman–Crippen LogP) is 2.34. The molecule has 0 saturated heterocycles. The highest BCUT2D eigenvalue weighted by Gasteiger charge is 2.19. The van der Waals surface area contributed by atoms with Crippen LogP contribution < -0.4 is 5.73 Å². The molecule has 3 heteroatoms. The molecular formula is C13H15N3. The summed E-state index contributed by atoms with van der Waals surface area (Å²) in [5.41, 5.74) is 8.43. The molecule has 16 heavy (non-hydrogen) atoms. The molecule has 0 atom stereocenters. The maximum atomic E-state index is 6.13. The van der Waals surface area contributed by atoms with Crippen molar-refractivity contribution in [1.82, 2.24) is 9.97 Å². The summed E-state index contributed by atoms with van der Waals surface area (Å²) in [6.45, 7) is 3.94. The summed E-state index contributed by atoms with van der Waals surface area (Å²) in [4.78, 5) is 8.68. The molecule has 0 aliphatic heterocycles. The largest absolute Gasteiger partial charge is 0.322 e. The molecule has 0 saturated carbocycles. The Morgan fingerprint density at radius 1 is 1.00 bits per heavy atom. The number of nitrogens with zero attached hydrogens (tertiary/aromatic N) is 2. The Morgan fingerprint density at radius 3 is 2.38 bits per heavy atom. The maximum Gasteiger partial charge on any atom is 0.0936 e. The average molecular weight is 213 g/mol. The van der Waals surface area contributed by atoms with E-state index < -0.39 is 5.54 Å². The summed E-state index contributed by atoms with van der Waals surface area (Å²) in [5, 5.41) is 0. The monoisotopic (exact) mass is 213 g/mol. The second kappa shape index (κ2) is 4.02. The zero-order valence-corrected chi connectivity index (χ0v) is 9.51. The van der Waals surface area contributed by atoms with Gasteiger partial charge in [0, 0.05) is 17.9 Å². The number of rotatable bonds is 2. The van der Waals surface area contributed by atoms with Gasteiger partial charge in [0.15, 0.2) is 0 Å². The van der Waals surface area contributed by atoms with Gasteiger partial charge in [0.05, 0.1) is 11.4 Å². The van der Waals surface area contributed by atoms with Crippen molar-refractivity contribution in [3.8, 4) is 11.4 Å². The normalized spacial score (nSPS) is 11.4. The minimum Gasteiger partial charge on any atom is -0.322 e. The van der Waals surface area contributed by atoms with Gasteiger partial charge < -0.3 is 5.73 Å². The zero-order valence-electron chi connectivity index (χ0n) is 9.51. The smallest absolute Gasteiger partial charge is 0.0936 e. The molecule has 0 aliphatic carbocycles. The van der Waals surface area contributed by atoms with Gasteiger partial charge in [-0.05, 0) is 37.6 Å².